The minimum atomic E-state index is -7.67. The molecule has 0 bridgehead atoms. The molecule has 0 aromatic heterocycles. The molecule has 4 nitrogen and oxygen atoms in total. The molecule has 1 saturated heterocycles. The summed E-state index contributed by atoms with van der Waals surface area (Å²) in [6, 6.07) is -22.6. The molecule has 0 N–H and O–H groups in total. The van der Waals surface area contributed by atoms with Crippen molar-refractivity contribution in [3.05, 3.63) is 0 Å². The Morgan fingerprint density at radius 3 is 1.52 bits per heavy atom. The molecule has 172 valence electrons. The second-order valence-electron chi connectivity index (χ2n) is 5.56. The molecule has 0 aromatic carbocycles. The van der Waals surface area contributed by atoms with Crippen LogP contribution in [0, 0.1) is 0 Å². The number of carbonyl (C=O) groups is 1. The molecule has 0 amide bonds. The van der Waals surface area contributed by atoms with E-state index < -0.39 is 72.3 Å². The Bertz CT molecular complexity index is 619. The van der Waals surface area contributed by atoms with Crippen LogP contribution >= 0.6 is 0 Å². The van der Waals surface area contributed by atoms with Crippen LogP contribution in [0.25, 0.3) is 0 Å². The van der Waals surface area contributed by atoms with Gasteiger partial charge in [0.25, 0.3) is 0 Å². The fourth-order valence-corrected chi connectivity index (χ4v) is 1.99. The zero-order chi connectivity index (χ0) is 23.5. The number of halogens is 14. The monoisotopic (exact) mass is 466 g/mol. The van der Waals surface area contributed by atoms with Gasteiger partial charge < -0.3 is 14.6 Å². The van der Waals surface area contributed by atoms with Crippen molar-refractivity contribution in [2.75, 3.05) is 13.2 Å². The summed E-state index contributed by atoms with van der Waals surface area (Å²) in [6.07, 6.45) is -1.28. The van der Waals surface area contributed by atoms with Gasteiger partial charge in [0.05, 0.1) is 6.61 Å². The number of likely N-dealkylation sites (tertiary alicyclic amines) is 1. The Balaban J connectivity index is 3.49. The summed E-state index contributed by atoms with van der Waals surface area (Å²) in [5.74, 6) is -31.4. The minimum Gasteiger partial charge on any atom is -0.550 e. The first-order valence-electron chi connectivity index (χ1n) is 6.76. The van der Waals surface area contributed by atoms with E-state index in [4.69, 9.17) is 0 Å². The quantitative estimate of drug-likeness (QED) is 0.329. The number of carboxylic acids is 1. The predicted octanol–water partition coefficient (Wildman–Crippen LogP) is 2.78. The third kappa shape index (κ3) is 3.27. The summed E-state index contributed by atoms with van der Waals surface area (Å²) in [7, 11) is 0. The van der Waals surface area contributed by atoms with Crippen molar-refractivity contribution in [1.82, 2.24) is 4.90 Å². The molecule has 29 heavy (non-hydrogen) atoms. The number of alkyl halides is 14. The summed E-state index contributed by atoms with van der Waals surface area (Å²) >= 11 is 0. The van der Waals surface area contributed by atoms with Crippen LogP contribution in [0.15, 0.2) is 0 Å². The second-order valence-corrected chi connectivity index (χ2v) is 5.56. The number of aliphatic carboxylic acids is 1. The van der Waals surface area contributed by atoms with Crippen molar-refractivity contribution >= 4 is 5.97 Å². The normalized spacial score (nSPS) is 25.6. The minimum absolute atomic E-state index is 1.28. The van der Waals surface area contributed by atoms with E-state index in [0.717, 1.165) is 0 Å². The zero-order valence-electron chi connectivity index (χ0n) is 13.1. The zero-order valence-corrected chi connectivity index (χ0v) is 13.1. The van der Waals surface area contributed by atoms with Crippen molar-refractivity contribution in [1.29, 1.82) is 0 Å². The Morgan fingerprint density at radius 2 is 1.17 bits per heavy atom. The number of hydrogen-bond donors (Lipinski definition) is 0. The number of piperidine rings is 1. The first kappa shape index (κ1) is 25.4. The van der Waals surface area contributed by atoms with E-state index in [2.05, 4.69) is 4.74 Å². The van der Waals surface area contributed by atoms with Gasteiger partial charge in [0, 0.05) is 12.4 Å². The van der Waals surface area contributed by atoms with E-state index >= 15 is 0 Å². The van der Waals surface area contributed by atoms with Crippen LogP contribution in [0.5, 0.6) is 0 Å². The van der Waals surface area contributed by atoms with Gasteiger partial charge in [0.15, 0.2) is 0 Å². The average molecular weight is 466 g/mol. The molecule has 1 aliphatic rings. The van der Waals surface area contributed by atoms with E-state index in [1.807, 2.05) is 0 Å². The van der Waals surface area contributed by atoms with Crippen molar-refractivity contribution in [2.24, 2.45) is 0 Å². The van der Waals surface area contributed by atoms with Crippen molar-refractivity contribution in [3.63, 3.8) is 0 Å². The van der Waals surface area contributed by atoms with E-state index in [-0.39, 0.29) is 0 Å². The molecule has 0 saturated carbocycles. The molecule has 0 spiro atoms. The summed E-state index contributed by atoms with van der Waals surface area (Å²) in [5, 5.41) is 9.97. The summed E-state index contributed by atoms with van der Waals surface area (Å²) in [5.41, 5.74) is 0. The van der Waals surface area contributed by atoms with E-state index in [0.29, 0.717) is 0 Å². The van der Waals surface area contributed by atoms with Crippen molar-refractivity contribution in [2.45, 2.75) is 48.3 Å². The van der Waals surface area contributed by atoms with Gasteiger partial charge in [-0.15, -0.1) is 4.90 Å². The van der Waals surface area contributed by atoms with Gasteiger partial charge in [-0.1, -0.05) is 0 Å². The Hall–Kier alpha value is -1.59. The first-order chi connectivity index (χ1) is 12.5. The Morgan fingerprint density at radius 1 is 0.793 bits per heavy atom. The van der Waals surface area contributed by atoms with Gasteiger partial charge in [0.1, 0.15) is 6.61 Å². The topological polar surface area (TPSA) is 52.6 Å². The fourth-order valence-electron chi connectivity index (χ4n) is 1.99. The standard InChI is InChI=1S/C11H7F14NO3/c12-5(13,3-29-2-1-4(27)28)9(20,21)26-10(22,23)7(16,17)6(14,15)8(18,19)11(26,24)25/h1-3H2,(H,27,28)/p-1. The van der Waals surface area contributed by atoms with Gasteiger partial charge >= 0.3 is 41.8 Å². The van der Waals surface area contributed by atoms with Gasteiger partial charge in [0.2, 0.25) is 0 Å². The highest BCUT2D eigenvalue weighted by atomic mass is 19.4. The van der Waals surface area contributed by atoms with Crippen LogP contribution in [0.2, 0.25) is 0 Å². The van der Waals surface area contributed by atoms with Crippen LogP contribution in [-0.4, -0.2) is 65.9 Å². The van der Waals surface area contributed by atoms with E-state index in [9.17, 15) is 71.4 Å². The maximum absolute atomic E-state index is 13.7. The maximum Gasteiger partial charge on any atom is 0.393 e. The number of carboxylic acid groups (broad SMARTS) is 1. The number of ether oxygens (including phenoxy) is 1. The van der Waals surface area contributed by atoms with Gasteiger partial charge in [-0.2, -0.15) is 61.5 Å². The molecular formula is C11H6F14NO3-. The lowest BCUT2D eigenvalue weighted by atomic mass is 9.92. The maximum atomic E-state index is 13.7. The van der Waals surface area contributed by atoms with Crippen LogP contribution in [-0.2, 0) is 9.53 Å². The highest BCUT2D eigenvalue weighted by Crippen LogP contribution is 2.67. The van der Waals surface area contributed by atoms with Crippen LogP contribution in [0.4, 0.5) is 61.5 Å². The molecule has 1 aliphatic heterocycles. The lowest BCUT2D eigenvalue weighted by Crippen LogP contribution is -2.85. The highest BCUT2D eigenvalue weighted by Gasteiger charge is 2.98. The second kappa shape index (κ2) is 6.71. The van der Waals surface area contributed by atoms with Gasteiger partial charge in [-0.3, -0.25) is 0 Å². The molecule has 1 fully saturated rings. The summed E-state index contributed by atoms with van der Waals surface area (Å²) in [4.78, 5) is 5.98. The number of hydrogen-bond acceptors (Lipinski definition) is 4. The number of nitrogens with zero attached hydrogens (tertiary/aromatic N) is 1. The third-order valence-corrected chi connectivity index (χ3v) is 3.56. The Kier molecular flexibility index (Phi) is 5.89. The number of carbonyl (C=O) groups excluding carboxylic acids is 1. The third-order valence-electron chi connectivity index (χ3n) is 3.56. The van der Waals surface area contributed by atoms with Crippen molar-refractivity contribution in [3.8, 4) is 0 Å². The smallest absolute Gasteiger partial charge is 0.393 e. The Labute approximate surface area is 150 Å². The van der Waals surface area contributed by atoms with Crippen LogP contribution in [0.1, 0.15) is 6.42 Å². The van der Waals surface area contributed by atoms with Gasteiger partial charge in [-0.05, 0) is 0 Å². The lowest BCUT2D eigenvalue weighted by Gasteiger charge is -2.53. The average Bonchev–Trinajstić information content (AvgIpc) is 2.48. The molecule has 0 atom stereocenters. The molecule has 0 aromatic rings. The largest absolute Gasteiger partial charge is 0.550 e. The van der Waals surface area contributed by atoms with Crippen LogP contribution in [0.3, 0.4) is 0 Å². The van der Waals surface area contributed by atoms with E-state index in [1.165, 1.54) is 0 Å². The lowest BCUT2D eigenvalue weighted by molar-refractivity contribution is -0.547. The molecule has 1 heterocycles. The molecule has 18 heteroatoms. The van der Waals surface area contributed by atoms with Crippen molar-refractivity contribution < 1.29 is 76.1 Å². The predicted molar refractivity (Wildman–Crippen MR) is 56.9 cm³/mol. The molecular weight excluding hydrogens is 460 g/mol. The van der Waals surface area contributed by atoms with E-state index in [1.54, 1.807) is 0 Å². The highest BCUT2D eigenvalue weighted by molar-refractivity contribution is 5.64. The molecule has 0 radical (unpaired) electrons. The van der Waals surface area contributed by atoms with Gasteiger partial charge in [-0.25, -0.2) is 0 Å². The summed E-state index contributed by atoms with van der Waals surface area (Å²) < 4.78 is 190. The number of rotatable bonds is 7. The molecule has 1 rings (SSSR count). The summed E-state index contributed by atoms with van der Waals surface area (Å²) in [6.45, 7) is -4.34. The fraction of sp³-hybridized carbons (Fsp3) is 0.909. The van der Waals surface area contributed by atoms with Crippen LogP contribution < -0.4 is 5.11 Å². The first-order valence-corrected chi connectivity index (χ1v) is 6.76. The molecule has 0 unspecified atom stereocenters. The SMILES string of the molecule is O=C([O-])CCOCC(F)(F)C(F)(F)N1C(F)(F)C(F)(F)C(F)(F)C(F)(F)C1(F)F. The molecule has 0 aliphatic carbocycles.